The fourth-order valence-corrected chi connectivity index (χ4v) is 4.03. The van der Waals surface area contributed by atoms with Crippen LogP contribution in [0.3, 0.4) is 0 Å². The van der Waals surface area contributed by atoms with Gasteiger partial charge in [-0.2, -0.15) is 0 Å². The van der Waals surface area contributed by atoms with Gasteiger partial charge in [0.2, 0.25) is 0 Å². The second kappa shape index (κ2) is 7.28. The summed E-state index contributed by atoms with van der Waals surface area (Å²) < 4.78 is 5.29. The van der Waals surface area contributed by atoms with Gasteiger partial charge < -0.3 is 15.4 Å². The van der Waals surface area contributed by atoms with E-state index in [2.05, 4.69) is 28.8 Å². The molecule has 3 atom stereocenters. The van der Waals surface area contributed by atoms with E-state index in [0.717, 1.165) is 30.7 Å². The maximum Gasteiger partial charge on any atom is 0.119 e. The Bertz CT molecular complexity index is 443. The third-order valence-corrected chi connectivity index (χ3v) is 5.14. The van der Waals surface area contributed by atoms with Crippen LogP contribution in [0.2, 0.25) is 0 Å². The highest BCUT2D eigenvalue weighted by molar-refractivity contribution is 5.28. The van der Waals surface area contributed by atoms with Gasteiger partial charge in [-0.1, -0.05) is 18.6 Å². The van der Waals surface area contributed by atoms with E-state index in [9.17, 15) is 0 Å². The van der Waals surface area contributed by atoms with Crippen molar-refractivity contribution >= 4 is 0 Å². The Balaban J connectivity index is 1.47. The Morgan fingerprint density at radius 1 is 1.24 bits per heavy atom. The molecule has 3 rings (SSSR count). The molecular weight excluding hydrogens is 260 g/mol. The number of methoxy groups -OCH3 is 1. The molecule has 3 nitrogen and oxygen atoms in total. The molecule has 0 radical (unpaired) electrons. The van der Waals surface area contributed by atoms with E-state index in [1.165, 1.54) is 44.2 Å². The van der Waals surface area contributed by atoms with Crippen LogP contribution in [0, 0.1) is 5.92 Å². The van der Waals surface area contributed by atoms with Crippen molar-refractivity contribution < 1.29 is 4.74 Å². The van der Waals surface area contributed by atoms with E-state index < -0.39 is 0 Å². The van der Waals surface area contributed by atoms with Crippen LogP contribution in [0.4, 0.5) is 0 Å². The lowest BCUT2D eigenvalue weighted by Gasteiger charge is -2.26. The first kappa shape index (κ1) is 14.9. The van der Waals surface area contributed by atoms with Gasteiger partial charge in [-0.15, -0.1) is 0 Å². The van der Waals surface area contributed by atoms with Crippen molar-refractivity contribution in [1.29, 1.82) is 0 Å². The van der Waals surface area contributed by atoms with Gasteiger partial charge in [0, 0.05) is 12.1 Å². The lowest BCUT2D eigenvalue weighted by Crippen LogP contribution is -2.42. The van der Waals surface area contributed by atoms with Crippen LogP contribution >= 0.6 is 0 Å². The third-order valence-electron chi connectivity index (χ3n) is 5.14. The predicted molar refractivity (Wildman–Crippen MR) is 86.9 cm³/mol. The van der Waals surface area contributed by atoms with Gasteiger partial charge in [0.1, 0.15) is 5.75 Å². The molecular formula is C18H28N2O. The van der Waals surface area contributed by atoms with Crippen LogP contribution in [0.5, 0.6) is 5.75 Å². The first-order chi connectivity index (χ1) is 10.4. The van der Waals surface area contributed by atoms with Crippen LogP contribution < -0.4 is 15.4 Å². The van der Waals surface area contributed by atoms with E-state index in [-0.39, 0.29) is 0 Å². The van der Waals surface area contributed by atoms with Crippen molar-refractivity contribution in [2.45, 2.75) is 50.6 Å². The van der Waals surface area contributed by atoms with E-state index in [1.54, 1.807) is 7.11 Å². The van der Waals surface area contributed by atoms with Crippen LogP contribution in [0.25, 0.3) is 0 Å². The SMILES string of the molecule is COc1cccc(CCNC2CCCC2C2CCCN2)c1. The molecule has 1 saturated carbocycles. The highest BCUT2D eigenvalue weighted by Crippen LogP contribution is 2.31. The molecule has 1 saturated heterocycles. The maximum absolute atomic E-state index is 5.29. The van der Waals surface area contributed by atoms with E-state index in [4.69, 9.17) is 4.74 Å². The highest BCUT2D eigenvalue weighted by Gasteiger charge is 2.34. The van der Waals surface area contributed by atoms with Crippen LogP contribution in [-0.4, -0.2) is 32.3 Å². The fourth-order valence-electron chi connectivity index (χ4n) is 4.03. The molecule has 21 heavy (non-hydrogen) atoms. The van der Waals surface area contributed by atoms with Gasteiger partial charge in [0.05, 0.1) is 7.11 Å². The molecule has 1 aromatic rings. The van der Waals surface area contributed by atoms with Gasteiger partial charge in [-0.25, -0.2) is 0 Å². The molecule has 3 heteroatoms. The van der Waals surface area contributed by atoms with E-state index in [0.29, 0.717) is 6.04 Å². The zero-order valence-corrected chi connectivity index (χ0v) is 13.1. The smallest absolute Gasteiger partial charge is 0.119 e. The van der Waals surface area contributed by atoms with Crippen molar-refractivity contribution in [3.05, 3.63) is 29.8 Å². The normalized spacial score (nSPS) is 28.9. The minimum Gasteiger partial charge on any atom is -0.497 e. The maximum atomic E-state index is 5.29. The number of nitrogens with one attached hydrogen (secondary N) is 2. The van der Waals surface area contributed by atoms with Crippen LogP contribution in [0.1, 0.15) is 37.7 Å². The largest absolute Gasteiger partial charge is 0.497 e. The monoisotopic (exact) mass is 288 g/mol. The Morgan fingerprint density at radius 2 is 2.19 bits per heavy atom. The van der Waals surface area contributed by atoms with E-state index in [1.807, 2.05) is 6.07 Å². The molecule has 2 N–H and O–H groups in total. The lowest BCUT2D eigenvalue weighted by molar-refractivity contribution is 0.322. The average molecular weight is 288 g/mol. The van der Waals surface area contributed by atoms with E-state index >= 15 is 0 Å². The number of hydrogen-bond acceptors (Lipinski definition) is 3. The fraction of sp³-hybridized carbons (Fsp3) is 0.667. The minimum atomic E-state index is 0.714. The summed E-state index contributed by atoms with van der Waals surface area (Å²) in [5, 5.41) is 7.51. The highest BCUT2D eigenvalue weighted by atomic mass is 16.5. The summed E-state index contributed by atoms with van der Waals surface area (Å²) >= 11 is 0. The Labute approximate surface area is 128 Å². The molecule has 2 fully saturated rings. The molecule has 1 aromatic carbocycles. The number of hydrogen-bond donors (Lipinski definition) is 2. The van der Waals surface area contributed by atoms with Gasteiger partial charge in [0.25, 0.3) is 0 Å². The van der Waals surface area contributed by atoms with Crippen molar-refractivity contribution in [3.8, 4) is 5.75 Å². The van der Waals surface area contributed by atoms with Crippen molar-refractivity contribution in [1.82, 2.24) is 10.6 Å². The third kappa shape index (κ3) is 3.78. The second-order valence-electron chi connectivity index (χ2n) is 6.46. The summed E-state index contributed by atoms with van der Waals surface area (Å²) in [5.41, 5.74) is 1.36. The quantitative estimate of drug-likeness (QED) is 0.844. The first-order valence-electron chi connectivity index (χ1n) is 8.46. The summed E-state index contributed by atoms with van der Waals surface area (Å²) in [6, 6.07) is 9.90. The topological polar surface area (TPSA) is 33.3 Å². The lowest BCUT2D eigenvalue weighted by atomic mass is 9.93. The average Bonchev–Trinajstić information content (AvgIpc) is 3.18. The zero-order valence-electron chi connectivity index (χ0n) is 13.1. The zero-order chi connectivity index (χ0) is 14.5. The molecule has 116 valence electrons. The second-order valence-corrected chi connectivity index (χ2v) is 6.46. The molecule has 2 aliphatic rings. The van der Waals surface area contributed by atoms with Crippen LogP contribution in [-0.2, 0) is 6.42 Å². The Kier molecular flexibility index (Phi) is 5.15. The minimum absolute atomic E-state index is 0.714. The van der Waals surface area contributed by atoms with Crippen LogP contribution in [0.15, 0.2) is 24.3 Å². The number of rotatable bonds is 6. The first-order valence-corrected chi connectivity index (χ1v) is 8.46. The molecule has 0 bridgehead atoms. The predicted octanol–water partition coefficient (Wildman–Crippen LogP) is 2.75. The Hall–Kier alpha value is -1.06. The molecule has 0 aromatic heterocycles. The van der Waals surface area contributed by atoms with Gasteiger partial charge >= 0.3 is 0 Å². The Morgan fingerprint density at radius 3 is 3.00 bits per heavy atom. The standard InChI is InChI=1S/C18H28N2O/c1-21-15-6-2-5-14(13-15)10-12-20-17-8-3-7-16(17)18-9-4-11-19-18/h2,5-6,13,16-20H,3-4,7-12H2,1H3. The number of ether oxygens (including phenoxy) is 1. The number of benzene rings is 1. The summed E-state index contributed by atoms with van der Waals surface area (Å²) in [6.45, 7) is 2.29. The summed E-state index contributed by atoms with van der Waals surface area (Å²) in [5.74, 6) is 1.80. The molecule has 3 unspecified atom stereocenters. The van der Waals surface area contributed by atoms with Crippen molar-refractivity contribution in [3.63, 3.8) is 0 Å². The molecule has 0 spiro atoms. The molecule has 1 aliphatic heterocycles. The van der Waals surface area contributed by atoms with Gasteiger partial charge in [0.15, 0.2) is 0 Å². The molecule has 0 amide bonds. The van der Waals surface area contributed by atoms with Gasteiger partial charge in [-0.05, 0) is 68.8 Å². The van der Waals surface area contributed by atoms with Gasteiger partial charge in [-0.3, -0.25) is 0 Å². The summed E-state index contributed by atoms with van der Waals surface area (Å²) in [6.07, 6.45) is 7.95. The van der Waals surface area contributed by atoms with Crippen molar-refractivity contribution in [2.75, 3.05) is 20.2 Å². The molecule has 1 aliphatic carbocycles. The summed E-state index contributed by atoms with van der Waals surface area (Å²) in [4.78, 5) is 0. The molecule has 1 heterocycles. The summed E-state index contributed by atoms with van der Waals surface area (Å²) in [7, 11) is 1.73. The van der Waals surface area contributed by atoms with Crippen molar-refractivity contribution in [2.24, 2.45) is 5.92 Å².